The number of piperidine rings is 1. The van der Waals surface area contributed by atoms with E-state index in [4.69, 9.17) is 11.6 Å². The fourth-order valence-electron chi connectivity index (χ4n) is 3.25. The molecule has 2 saturated heterocycles. The zero-order chi connectivity index (χ0) is 15.0. The van der Waals surface area contributed by atoms with Gasteiger partial charge in [-0.05, 0) is 37.4 Å². The van der Waals surface area contributed by atoms with Gasteiger partial charge in [0.15, 0.2) is 0 Å². The minimum absolute atomic E-state index is 0.00794. The fraction of sp³-hybridized carbons (Fsp3) is 0.500. The number of halogens is 1. The summed E-state index contributed by atoms with van der Waals surface area (Å²) in [5.74, 6) is 0.706. The molecule has 0 bridgehead atoms. The fourth-order valence-corrected chi connectivity index (χ4v) is 3.50. The first-order valence-electron chi connectivity index (χ1n) is 7.01. The molecule has 2 aliphatic heterocycles. The third kappa shape index (κ3) is 2.61. The maximum absolute atomic E-state index is 12.7. The second kappa shape index (κ2) is 5.61. The van der Waals surface area contributed by atoms with Gasteiger partial charge in [-0.25, -0.2) is 0 Å². The molecule has 2 fully saturated rings. The normalized spacial score (nSPS) is 24.7. The summed E-state index contributed by atoms with van der Waals surface area (Å²) in [5.41, 5.74) is -0.215. The molecule has 0 saturated carbocycles. The number of fused-ring (bicyclic) bond motifs is 1. The lowest BCUT2D eigenvalue weighted by molar-refractivity contribution is -0.385. The van der Waals surface area contributed by atoms with Crippen molar-refractivity contribution in [3.8, 4) is 0 Å². The topological polar surface area (TPSA) is 75.5 Å². The number of hydrogen-bond acceptors (Lipinski definition) is 4. The smallest absolute Gasteiger partial charge is 0.283 e. The minimum Gasteiger partial charge on any atom is -0.338 e. The van der Waals surface area contributed by atoms with E-state index in [1.165, 1.54) is 18.2 Å². The quantitative estimate of drug-likeness (QED) is 0.669. The first-order valence-corrected chi connectivity index (χ1v) is 7.38. The third-order valence-corrected chi connectivity index (χ3v) is 4.71. The first kappa shape index (κ1) is 14.3. The molecule has 112 valence electrons. The van der Waals surface area contributed by atoms with E-state index >= 15 is 0 Å². The number of nitrogens with one attached hydrogen (secondary N) is 1. The van der Waals surface area contributed by atoms with Crippen LogP contribution >= 0.6 is 11.6 Å². The van der Waals surface area contributed by atoms with Crippen LogP contribution in [0.5, 0.6) is 0 Å². The molecule has 2 unspecified atom stereocenters. The number of carbonyl (C=O) groups excluding carboxylic acids is 1. The van der Waals surface area contributed by atoms with Crippen LogP contribution in [0, 0.1) is 22.0 Å². The Hall–Kier alpha value is -1.66. The number of nitro groups is 1. The van der Waals surface area contributed by atoms with E-state index in [1.54, 1.807) is 4.90 Å². The predicted molar refractivity (Wildman–Crippen MR) is 78.5 cm³/mol. The van der Waals surface area contributed by atoms with Gasteiger partial charge < -0.3 is 10.2 Å². The number of benzene rings is 1. The summed E-state index contributed by atoms with van der Waals surface area (Å²) in [6, 6.07) is 4.33. The Kier molecular flexibility index (Phi) is 3.82. The highest BCUT2D eigenvalue weighted by Gasteiger charge is 2.36. The van der Waals surface area contributed by atoms with Crippen LogP contribution in [0.1, 0.15) is 16.8 Å². The van der Waals surface area contributed by atoms with Crippen LogP contribution in [0.4, 0.5) is 5.69 Å². The van der Waals surface area contributed by atoms with Gasteiger partial charge in [-0.15, -0.1) is 0 Å². The molecule has 0 aromatic heterocycles. The Balaban J connectivity index is 1.87. The zero-order valence-electron chi connectivity index (χ0n) is 11.4. The van der Waals surface area contributed by atoms with Crippen LogP contribution in [0.3, 0.4) is 0 Å². The van der Waals surface area contributed by atoms with Gasteiger partial charge in [-0.3, -0.25) is 14.9 Å². The molecule has 0 radical (unpaired) electrons. The average molecular weight is 310 g/mol. The summed E-state index contributed by atoms with van der Waals surface area (Å²) < 4.78 is 0. The van der Waals surface area contributed by atoms with Crippen LogP contribution in [-0.4, -0.2) is 41.9 Å². The number of nitro benzene ring substituents is 1. The Morgan fingerprint density at radius 2 is 2.14 bits per heavy atom. The molecule has 1 aromatic rings. The molecule has 1 N–H and O–H groups in total. The Morgan fingerprint density at radius 1 is 1.38 bits per heavy atom. The summed E-state index contributed by atoms with van der Waals surface area (Å²) in [5, 5.41) is 14.6. The van der Waals surface area contributed by atoms with Crippen LogP contribution < -0.4 is 5.32 Å². The van der Waals surface area contributed by atoms with Gasteiger partial charge >= 0.3 is 0 Å². The van der Waals surface area contributed by atoms with Crippen molar-refractivity contribution >= 4 is 23.2 Å². The highest BCUT2D eigenvalue weighted by Crippen LogP contribution is 2.31. The van der Waals surface area contributed by atoms with Crippen LogP contribution in [0.15, 0.2) is 18.2 Å². The Bertz CT molecular complexity index is 593. The van der Waals surface area contributed by atoms with Gasteiger partial charge in [0.1, 0.15) is 5.56 Å². The number of hydrogen-bond donors (Lipinski definition) is 1. The molecular weight excluding hydrogens is 294 g/mol. The second-order valence-corrected chi connectivity index (χ2v) is 6.02. The van der Waals surface area contributed by atoms with Gasteiger partial charge in [-0.2, -0.15) is 0 Å². The van der Waals surface area contributed by atoms with Gasteiger partial charge in [-0.1, -0.05) is 17.7 Å². The van der Waals surface area contributed by atoms with E-state index in [1.807, 2.05) is 0 Å². The van der Waals surface area contributed by atoms with Gasteiger partial charge in [0, 0.05) is 19.2 Å². The molecule has 2 heterocycles. The van der Waals surface area contributed by atoms with Crippen molar-refractivity contribution in [2.24, 2.45) is 11.8 Å². The Labute approximate surface area is 127 Å². The van der Waals surface area contributed by atoms with Crippen molar-refractivity contribution in [2.75, 3.05) is 26.2 Å². The molecule has 7 heteroatoms. The summed E-state index contributed by atoms with van der Waals surface area (Å²) in [6.07, 6.45) is 0.932. The molecule has 0 aliphatic carbocycles. The molecule has 2 aliphatic rings. The third-order valence-electron chi connectivity index (χ3n) is 4.39. The van der Waals surface area contributed by atoms with Crippen molar-refractivity contribution in [2.45, 2.75) is 6.42 Å². The Morgan fingerprint density at radius 3 is 2.90 bits per heavy atom. The SMILES string of the molecule is O=C(c1c(Cl)cccc1[N+](=O)[O-])N1CCC2CNCC2C1. The van der Waals surface area contributed by atoms with E-state index in [0.29, 0.717) is 24.9 Å². The maximum Gasteiger partial charge on any atom is 0.283 e. The van der Waals surface area contributed by atoms with E-state index in [9.17, 15) is 14.9 Å². The van der Waals surface area contributed by atoms with Crippen LogP contribution in [0.2, 0.25) is 5.02 Å². The summed E-state index contributed by atoms with van der Waals surface area (Å²) in [4.78, 5) is 24.9. The van der Waals surface area contributed by atoms with Crippen molar-refractivity contribution < 1.29 is 9.72 Å². The van der Waals surface area contributed by atoms with E-state index < -0.39 is 4.92 Å². The predicted octanol–water partition coefficient (Wildman–Crippen LogP) is 1.93. The number of amides is 1. The zero-order valence-corrected chi connectivity index (χ0v) is 12.2. The largest absolute Gasteiger partial charge is 0.338 e. The van der Waals surface area contributed by atoms with Crippen LogP contribution in [0.25, 0.3) is 0 Å². The van der Waals surface area contributed by atoms with Gasteiger partial charge in [0.25, 0.3) is 11.6 Å². The summed E-state index contributed by atoms with van der Waals surface area (Å²) in [6.45, 7) is 3.17. The molecule has 6 nitrogen and oxygen atoms in total. The first-order chi connectivity index (χ1) is 10.1. The van der Waals surface area contributed by atoms with E-state index in [2.05, 4.69) is 5.32 Å². The highest BCUT2D eigenvalue weighted by atomic mass is 35.5. The van der Waals surface area contributed by atoms with Crippen molar-refractivity contribution in [3.63, 3.8) is 0 Å². The number of carbonyl (C=O) groups is 1. The molecule has 0 spiro atoms. The van der Waals surface area contributed by atoms with Crippen molar-refractivity contribution in [3.05, 3.63) is 38.9 Å². The lowest BCUT2D eigenvalue weighted by Crippen LogP contribution is -2.43. The van der Waals surface area contributed by atoms with Crippen LogP contribution in [-0.2, 0) is 0 Å². The minimum atomic E-state index is -0.553. The molecule has 1 aromatic carbocycles. The average Bonchev–Trinajstić information content (AvgIpc) is 2.93. The van der Waals surface area contributed by atoms with E-state index in [0.717, 1.165) is 19.5 Å². The van der Waals surface area contributed by atoms with Gasteiger partial charge in [0.2, 0.25) is 0 Å². The highest BCUT2D eigenvalue weighted by molar-refractivity contribution is 6.34. The monoisotopic (exact) mass is 309 g/mol. The summed E-state index contributed by atoms with van der Waals surface area (Å²) in [7, 11) is 0. The number of likely N-dealkylation sites (tertiary alicyclic amines) is 1. The standard InChI is InChI=1S/C14H16ClN3O3/c15-11-2-1-3-12(18(20)21)13(11)14(19)17-5-4-9-6-16-7-10(9)8-17/h1-3,9-10,16H,4-8H2. The van der Waals surface area contributed by atoms with Gasteiger partial charge in [0.05, 0.1) is 9.95 Å². The van der Waals surface area contributed by atoms with E-state index in [-0.39, 0.29) is 22.2 Å². The molecule has 3 rings (SSSR count). The molecule has 1 amide bonds. The molecule has 21 heavy (non-hydrogen) atoms. The lowest BCUT2D eigenvalue weighted by atomic mass is 9.88. The lowest BCUT2D eigenvalue weighted by Gasteiger charge is -2.34. The second-order valence-electron chi connectivity index (χ2n) is 5.61. The molecular formula is C14H16ClN3O3. The molecule has 2 atom stereocenters. The maximum atomic E-state index is 12.7. The number of nitrogens with zero attached hydrogens (tertiary/aromatic N) is 2. The summed E-state index contributed by atoms with van der Waals surface area (Å²) >= 11 is 6.03. The number of rotatable bonds is 2. The van der Waals surface area contributed by atoms with Crippen molar-refractivity contribution in [1.82, 2.24) is 10.2 Å². The van der Waals surface area contributed by atoms with Crippen molar-refractivity contribution in [1.29, 1.82) is 0 Å².